The maximum atomic E-state index is 11.8. The second-order valence-corrected chi connectivity index (χ2v) is 3.53. The van der Waals surface area contributed by atoms with Gasteiger partial charge in [-0.2, -0.15) is 18.4 Å². The van der Waals surface area contributed by atoms with Crippen molar-refractivity contribution in [1.82, 2.24) is 0 Å². The maximum Gasteiger partial charge on any atom is 0.411 e. The number of nitrogens with zero attached hydrogens (tertiary/aromatic N) is 1. The van der Waals surface area contributed by atoms with Crippen molar-refractivity contribution in [3.05, 3.63) is 23.8 Å². The molecule has 1 aromatic carbocycles. The van der Waals surface area contributed by atoms with Crippen LogP contribution in [0.3, 0.4) is 0 Å². The van der Waals surface area contributed by atoms with Crippen LogP contribution in [-0.4, -0.2) is 33.1 Å². The summed E-state index contributed by atoms with van der Waals surface area (Å²) >= 11 is 0. The van der Waals surface area contributed by atoms with E-state index in [1.54, 1.807) is 0 Å². The van der Waals surface area contributed by atoms with E-state index in [1.807, 2.05) is 6.07 Å². The number of hydrogen-bond donors (Lipinski definition) is 0. The lowest BCUT2D eigenvalue weighted by Crippen LogP contribution is -2.19. The second-order valence-electron chi connectivity index (χ2n) is 3.53. The first-order valence-corrected chi connectivity index (χ1v) is 5.31. The molecular weight excluding hydrogens is 263 g/mol. The minimum absolute atomic E-state index is 0.0475. The molecule has 0 aliphatic carbocycles. The van der Waals surface area contributed by atoms with E-state index in [9.17, 15) is 13.2 Å². The first-order chi connectivity index (χ1) is 8.94. The van der Waals surface area contributed by atoms with Crippen LogP contribution in [0.15, 0.2) is 18.2 Å². The first kappa shape index (κ1) is 15.1. The molecule has 0 unspecified atom stereocenters. The summed E-state index contributed by atoms with van der Waals surface area (Å²) in [5.74, 6) is 0.775. The van der Waals surface area contributed by atoms with Crippen molar-refractivity contribution in [3.63, 3.8) is 0 Å². The average Bonchev–Trinajstić information content (AvgIpc) is 2.36. The van der Waals surface area contributed by atoms with Gasteiger partial charge in [0.2, 0.25) is 0 Å². The smallest absolute Gasteiger partial charge is 0.411 e. The lowest BCUT2D eigenvalue weighted by Gasteiger charge is -2.10. The summed E-state index contributed by atoms with van der Waals surface area (Å²) in [6.07, 6.45) is -4.34. The Labute approximate surface area is 108 Å². The predicted octanol–water partition coefficient (Wildman–Crippen LogP) is 2.52. The lowest BCUT2D eigenvalue weighted by atomic mass is 10.2. The van der Waals surface area contributed by atoms with Gasteiger partial charge in [0.25, 0.3) is 0 Å². The fourth-order valence-electron chi connectivity index (χ4n) is 1.24. The summed E-state index contributed by atoms with van der Waals surface area (Å²) < 4.78 is 49.9. The zero-order valence-corrected chi connectivity index (χ0v) is 10.2. The molecule has 0 bridgehead atoms. The van der Waals surface area contributed by atoms with E-state index in [0.29, 0.717) is 17.1 Å². The fraction of sp³-hybridized carbons (Fsp3) is 0.417. The van der Waals surface area contributed by atoms with Gasteiger partial charge in [0.1, 0.15) is 24.7 Å². The van der Waals surface area contributed by atoms with Gasteiger partial charge in [-0.25, -0.2) is 0 Å². The van der Waals surface area contributed by atoms with Gasteiger partial charge in [-0.3, -0.25) is 0 Å². The van der Waals surface area contributed by atoms with Crippen LogP contribution in [0.1, 0.15) is 5.56 Å². The van der Waals surface area contributed by atoms with Gasteiger partial charge >= 0.3 is 6.18 Å². The highest BCUT2D eigenvalue weighted by Crippen LogP contribution is 2.22. The largest absolute Gasteiger partial charge is 0.497 e. The van der Waals surface area contributed by atoms with Crippen molar-refractivity contribution in [2.75, 3.05) is 26.9 Å². The molecule has 0 N–H and O–H groups in total. The Morgan fingerprint density at radius 3 is 2.42 bits per heavy atom. The summed E-state index contributed by atoms with van der Waals surface area (Å²) in [5.41, 5.74) is 0.338. The lowest BCUT2D eigenvalue weighted by molar-refractivity contribution is -0.175. The highest BCUT2D eigenvalue weighted by Gasteiger charge is 2.27. The SMILES string of the molecule is COc1cc(C#N)cc(OCCOCC(F)(F)F)c1. The van der Waals surface area contributed by atoms with Crippen molar-refractivity contribution in [1.29, 1.82) is 5.26 Å². The number of rotatable bonds is 6. The molecule has 1 aromatic rings. The Bertz CT molecular complexity index is 455. The topological polar surface area (TPSA) is 51.5 Å². The Morgan fingerprint density at radius 2 is 1.84 bits per heavy atom. The molecule has 0 heterocycles. The van der Waals surface area contributed by atoms with E-state index in [4.69, 9.17) is 14.7 Å². The molecule has 0 fully saturated rings. The number of ether oxygens (including phenoxy) is 3. The molecule has 104 valence electrons. The number of halogens is 3. The van der Waals surface area contributed by atoms with Crippen LogP contribution in [-0.2, 0) is 4.74 Å². The third-order valence-electron chi connectivity index (χ3n) is 2.01. The first-order valence-electron chi connectivity index (χ1n) is 5.31. The van der Waals surface area contributed by atoms with Crippen molar-refractivity contribution < 1.29 is 27.4 Å². The molecule has 19 heavy (non-hydrogen) atoms. The third-order valence-corrected chi connectivity index (χ3v) is 2.01. The van der Waals surface area contributed by atoms with E-state index < -0.39 is 12.8 Å². The fourth-order valence-corrected chi connectivity index (χ4v) is 1.24. The molecule has 0 atom stereocenters. The Morgan fingerprint density at radius 1 is 1.16 bits per heavy atom. The molecule has 1 rings (SSSR count). The van der Waals surface area contributed by atoms with Gasteiger partial charge in [-0.15, -0.1) is 0 Å². The predicted molar refractivity (Wildman–Crippen MR) is 60.1 cm³/mol. The minimum Gasteiger partial charge on any atom is -0.497 e. The summed E-state index contributed by atoms with van der Waals surface area (Å²) in [4.78, 5) is 0. The highest BCUT2D eigenvalue weighted by molar-refractivity contribution is 5.43. The number of benzene rings is 1. The standard InChI is InChI=1S/C12H12F3NO3/c1-17-10-4-9(7-16)5-11(6-10)19-3-2-18-8-12(13,14)15/h4-6H,2-3,8H2,1H3. The third kappa shape index (κ3) is 5.97. The molecule has 0 saturated carbocycles. The molecule has 0 aromatic heterocycles. The maximum absolute atomic E-state index is 11.8. The van der Waals surface area contributed by atoms with Crippen LogP contribution < -0.4 is 9.47 Å². The van der Waals surface area contributed by atoms with Crippen LogP contribution in [0.25, 0.3) is 0 Å². The van der Waals surface area contributed by atoms with Crippen molar-refractivity contribution in [2.45, 2.75) is 6.18 Å². The summed E-state index contributed by atoms with van der Waals surface area (Å²) in [5, 5.41) is 8.77. The van der Waals surface area contributed by atoms with Crippen LogP contribution in [0.4, 0.5) is 13.2 Å². The van der Waals surface area contributed by atoms with Gasteiger partial charge in [0.05, 0.1) is 25.3 Å². The molecule has 0 saturated heterocycles. The van der Waals surface area contributed by atoms with E-state index >= 15 is 0 Å². The molecule has 0 amide bonds. The summed E-state index contributed by atoms with van der Waals surface area (Å²) in [7, 11) is 1.44. The molecule has 0 spiro atoms. The van der Waals surface area contributed by atoms with Crippen molar-refractivity contribution in [3.8, 4) is 17.6 Å². The number of alkyl halides is 3. The average molecular weight is 275 g/mol. The number of hydrogen-bond acceptors (Lipinski definition) is 4. The van der Waals surface area contributed by atoms with Crippen LogP contribution in [0, 0.1) is 11.3 Å². The Kier molecular flexibility index (Phi) is 5.45. The van der Waals surface area contributed by atoms with E-state index in [1.165, 1.54) is 25.3 Å². The number of nitriles is 1. The number of methoxy groups -OCH3 is 1. The molecular formula is C12H12F3NO3. The van der Waals surface area contributed by atoms with E-state index in [-0.39, 0.29) is 13.2 Å². The van der Waals surface area contributed by atoms with Crippen LogP contribution in [0.2, 0.25) is 0 Å². The summed E-state index contributed by atoms with van der Waals surface area (Å²) in [6.45, 7) is -1.55. The van der Waals surface area contributed by atoms with Gasteiger partial charge in [-0.05, 0) is 12.1 Å². The van der Waals surface area contributed by atoms with Crippen LogP contribution >= 0.6 is 0 Å². The molecule has 4 nitrogen and oxygen atoms in total. The van der Waals surface area contributed by atoms with Crippen LogP contribution in [0.5, 0.6) is 11.5 Å². The van der Waals surface area contributed by atoms with Crippen molar-refractivity contribution in [2.24, 2.45) is 0 Å². The van der Waals surface area contributed by atoms with Gasteiger partial charge in [0, 0.05) is 6.07 Å². The molecule has 7 heteroatoms. The summed E-state index contributed by atoms with van der Waals surface area (Å²) in [6, 6.07) is 6.44. The zero-order chi connectivity index (χ0) is 14.3. The van der Waals surface area contributed by atoms with Crippen molar-refractivity contribution >= 4 is 0 Å². The Balaban J connectivity index is 2.43. The normalized spacial score (nSPS) is 10.9. The monoisotopic (exact) mass is 275 g/mol. The highest BCUT2D eigenvalue weighted by atomic mass is 19.4. The van der Waals surface area contributed by atoms with E-state index in [0.717, 1.165) is 0 Å². The van der Waals surface area contributed by atoms with Gasteiger partial charge in [0.15, 0.2) is 0 Å². The van der Waals surface area contributed by atoms with Gasteiger partial charge < -0.3 is 14.2 Å². The Hall–Kier alpha value is -1.94. The second kappa shape index (κ2) is 6.85. The molecule has 0 aliphatic heterocycles. The molecule has 0 radical (unpaired) electrons. The quantitative estimate of drug-likeness (QED) is 0.748. The zero-order valence-electron chi connectivity index (χ0n) is 10.2. The van der Waals surface area contributed by atoms with E-state index in [2.05, 4.69) is 4.74 Å². The van der Waals surface area contributed by atoms with Gasteiger partial charge in [-0.1, -0.05) is 0 Å². The minimum atomic E-state index is -4.34. The molecule has 0 aliphatic rings.